The Balaban J connectivity index is 2.10. The summed E-state index contributed by atoms with van der Waals surface area (Å²) in [4.78, 5) is 29.1. The first-order valence-electron chi connectivity index (χ1n) is 14.0. The summed E-state index contributed by atoms with van der Waals surface area (Å²) in [6.07, 6.45) is 1.04. The molecule has 0 radical (unpaired) electrons. The second-order valence-corrected chi connectivity index (χ2v) is 13.3. The molecule has 42 heavy (non-hydrogen) atoms. The van der Waals surface area contributed by atoms with Crippen molar-refractivity contribution < 1.29 is 18.0 Å². The molecule has 0 aliphatic rings. The highest BCUT2D eigenvalue weighted by atomic mass is 35.5. The van der Waals surface area contributed by atoms with Crippen LogP contribution < -0.4 is 9.62 Å². The number of halogens is 2. The lowest BCUT2D eigenvalue weighted by Crippen LogP contribution is -2.53. The molecule has 0 saturated carbocycles. The number of rotatable bonds is 12. The normalized spacial score (nSPS) is 12.9. The molecule has 10 heteroatoms. The summed E-state index contributed by atoms with van der Waals surface area (Å²) in [5.41, 5.74) is 3.81. The summed E-state index contributed by atoms with van der Waals surface area (Å²) in [6.45, 7) is 10.9. The van der Waals surface area contributed by atoms with Gasteiger partial charge in [0, 0.05) is 12.6 Å². The van der Waals surface area contributed by atoms with Crippen molar-refractivity contribution in [3.8, 4) is 0 Å². The molecule has 0 aromatic heterocycles. The molecule has 2 atom stereocenters. The second-order valence-electron chi connectivity index (χ2n) is 10.6. The number of hydrogen-bond donors (Lipinski definition) is 1. The van der Waals surface area contributed by atoms with Gasteiger partial charge in [0.2, 0.25) is 11.8 Å². The fourth-order valence-corrected chi connectivity index (χ4v) is 6.17. The molecule has 0 aliphatic heterocycles. The maximum absolute atomic E-state index is 14.2. The molecule has 3 rings (SSSR count). The molecule has 7 nitrogen and oxygen atoms in total. The Hall–Kier alpha value is -3.07. The van der Waals surface area contributed by atoms with E-state index in [0.29, 0.717) is 27.7 Å². The highest BCUT2D eigenvalue weighted by molar-refractivity contribution is 7.92. The van der Waals surface area contributed by atoms with Crippen LogP contribution in [0.5, 0.6) is 0 Å². The van der Waals surface area contributed by atoms with Crippen molar-refractivity contribution in [3.63, 3.8) is 0 Å². The van der Waals surface area contributed by atoms with Crippen molar-refractivity contribution in [3.05, 3.63) is 93.0 Å². The Morgan fingerprint density at radius 1 is 0.857 bits per heavy atom. The first-order valence-corrected chi connectivity index (χ1v) is 16.2. The molecule has 0 heterocycles. The van der Waals surface area contributed by atoms with E-state index in [4.69, 9.17) is 23.2 Å². The highest BCUT2D eigenvalue weighted by Crippen LogP contribution is 2.28. The van der Waals surface area contributed by atoms with E-state index in [-0.39, 0.29) is 23.4 Å². The number of sulfonamides is 1. The topological polar surface area (TPSA) is 86.8 Å². The average molecular weight is 633 g/mol. The number of carbonyl (C=O) groups is 2. The predicted octanol–water partition coefficient (Wildman–Crippen LogP) is 6.84. The third-order valence-electron chi connectivity index (χ3n) is 7.39. The Kier molecular flexibility index (Phi) is 11.5. The smallest absolute Gasteiger partial charge is 0.264 e. The van der Waals surface area contributed by atoms with Crippen LogP contribution in [0.2, 0.25) is 10.0 Å². The van der Waals surface area contributed by atoms with Crippen molar-refractivity contribution >= 4 is 50.7 Å². The van der Waals surface area contributed by atoms with E-state index in [1.165, 1.54) is 17.0 Å². The minimum absolute atomic E-state index is 0.0352. The predicted molar refractivity (Wildman–Crippen MR) is 171 cm³/mol. The van der Waals surface area contributed by atoms with Gasteiger partial charge in [-0.2, -0.15) is 0 Å². The Morgan fingerprint density at radius 3 is 2.10 bits per heavy atom. The second kappa shape index (κ2) is 14.4. The van der Waals surface area contributed by atoms with Gasteiger partial charge in [0.15, 0.2) is 0 Å². The maximum atomic E-state index is 14.2. The Labute approximate surface area is 259 Å². The number of nitrogens with zero attached hydrogens (tertiary/aromatic N) is 2. The van der Waals surface area contributed by atoms with Crippen LogP contribution in [0.25, 0.3) is 0 Å². The molecule has 2 amide bonds. The van der Waals surface area contributed by atoms with Gasteiger partial charge >= 0.3 is 0 Å². The van der Waals surface area contributed by atoms with Crippen molar-refractivity contribution in [1.29, 1.82) is 0 Å². The zero-order chi connectivity index (χ0) is 31.2. The molecule has 0 unspecified atom stereocenters. The van der Waals surface area contributed by atoms with Crippen LogP contribution in [-0.2, 0) is 26.2 Å². The third-order valence-corrected chi connectivity index (χ3v) is 9.92. The van der Waals surface area contributed by atoms with Gasteiger partial charge in [-0.15, -0.1) is 0 Å². The summed E-state index contributed by atoms with van der Waals surface area (Å²) in [5, 5.41) is 3.65. The molecule has 0 saturated heterocycles. The van der Waals surface area contributed by atoms with Crippen molar-refractivity contribution in [2.24, 2.45) is 0 Å². The van der Waals surface area contributed by atoms with E-state index in [1.807, 2.05) is 47.6 Å². The minimum Gasteiger partial charge on any atom is -0.352 e. The number of benzene rings is 3. The minimum atomic E-state index is -4.14. The largest absolute Gasteiger partial charge is 0.352 e. The Bertz CT molecular complexity index is 1530. The molecule has 0 bridgehead atoms. The van der Waals surface area contributed by atoms with E-state index in [9.17, 15) is 18.0 Å². The summed E-state index contributed by atoms with van der Waals surface area (Å²) < 4.78 is 29.2. The standard InChI is InChI=1S/C32H39Cl2N3O4S/c1-7-24(6)35-32(39)30(8-2)36(19-25-12-16-28(33)29(34)18-25)31(38)20-37(26-13-11-22(4)23(5)17-26)42(40,41)27-14-9-21(3)10-15-27/h9-18,24,30H,7-8,19-20H2,1-6H3,(H,35,39)/t24-,30-/m1/s1. The van der Waals surface area contributed by atoms with Crippen LogP contribution in [0.1, 0.15) is 55.9 Å². The monoisotopic (exact) mass is 631 g/mol. The van der Waals surface area contributed by atoms with E-state index < -0.39 is 28.5 Å². The van der Waals surface area contributed by atoms with Crippen LogP contribution in [0.4, 0.5) is 5.69 Å². The van der Waals surface area contributed by atoms with E-state index >= 15 is 0 Å². The van der Waals surface area contributed by atoms with E-state index in [0.717, 1.165) is 27.4 Å². The van der Waals surface area contributed by atoms with Gasteiger partial charge in [-0.25, -0.2) is 8.42 Å². The maximum Gasteiger partial charge on any atom is 0.264 e. The van der Waals surface area contributed by atoms with Crippen LogP contribution >= 0.6 is 23.2 Å². The van der Waals surface area contributed by atoms with Gasteiger partial charge in [0.25, 0.3) is 10.0 Å². The van der Waals surface area contributed by atoms with Crippen molar-refractivity contribution in [2.75, 3.05) is 10.8 Å². The number of hydrogen-bond acceptors (Lipinski definition) is 4. The van der Waals surface area contributed by atoms with Gasteiger partial charge in [-0.05, 0) is 93.6 Å². The van der Waals surface area contributed by atoms with Crippen LogP contribution in [0, 0.1) is 20.8 Å². The lowest BCUT2D eigenvalue weighted by atomic mass is 10.1. The number of carbonyl (C=O) groups excluding carboxylic acids is 2. The van der Waals surface area contributed by atoms with Crippen LogP contribution in [0.3, 0.4) is 0 Å². The molecule has 0 fully saturated rings. The lowest BCUT2D eigenvalue weighted by molar-refractivity contribution is -0.140. The molecular formula is C32H39Cl2N3O4S. The van der Waals surface area contributed by atoms with Crippen molar-refractivity contribution in [2.45, 2.75) is 77.9 Å². The summed E-state index contributed by atoms with van der Waals surface area (Å²) >= 11 is 12.4. The molecule has 0 spiro atoms. The van der Waals surface area contributed by atoms with Gasteiger partial charge in [-0.1, -0.05) is 66.9 Å². The van der Waals surface area contributed by atoms with E-state index in [1.54, 1.807) is 42.5 Å². The molecular weight excluding hydrogens is 593 g/mol. The number of amides is 2. The summed E-state index contributed by atoms with van der Waals surface area (Å²) in [6, 6.07) is 15.9. The fourth-order valence-electron chi connectivity index (χ4n) is 4.44. The molecule has 226 valence electrons. The van der Waals surface area contributed by atoms with Gasteiger partial charge in [0.05, 0.1) is 20.6 Å². The molecule has 3 aromatic rings. The third kappa shape index (κ3) is 8.06. The molecule has 0 aliphatic carbocycles. The van der Waals surface area contributed by atoms with Gasteiger partial charge in [-0.3, -0.25) is 13.9 Å². The average Bonchev–Trinajstić information content (AvgIpc) is 2.95. The lowest BCUT2D eigenvalue weighted by Gasteiger charge is -2.34. The van der Waals surface area contributed by atoms with Crippen molar-refractivity contribution in [1.82, 2.24) is 10.2 Å². The summed E-state index contributed by atoms with van der Waals surface area (Å²) in [7, 11) is -4.14. The summed E-state index contributed by atoms with van der Waals surface area (Å²) in [5.74, 6) is -0.833. The zero-order valence-corrected chi connectivity index (χ0v) is 27.3. The first kappa shape index (κ1) is 33.4. The number of anilines is 1. The highest BCUT2D eigenvalue weighted by Gasteiger charge is 2.34. The zero-order valence-electron chi connectivity index (χ0n) is 24.9. The number of aryl methyl sites for hydroxylation is 3. The van der Waals surface area contributed by atoms with Gasteiger partial charge in [0.1, 0.15) is 12.6 Å². The number of nitrogens with one attached hydrogen (secondary N) is 1. The van der Waals surface area contributed by atoms with Crippen LogP contribution in [-0.4, -0.2) is 43.8 Å². The quantitative estimate of drug-likeness (QED) is 0.237. The fraction of sp³-hybridized carbons (Fsp3) is 0.375. The molecule has 3 aromatic carbocycles. The van der Waals surface area contributed by atoms with Crippen LogP contribution in [0.15, 0.2) is 65.6 Å². The van der Waals surface area contributed by atoms with Gasteiger partial charge < -0.3 is 10.2 Å². The Morgan fingerprint density at radius 2 is 1.52 bits per heavy atom. The van der Waals surface area contributed by atoms with E-state index in [2.05, 4.69) is 5.32 Å². The first-order chi connectivity index (χ1) is 19.8. The molecule has 1 N–H and O–H groups in total. The SMILES string of the molecule is CC[C@@H](C)NC(=O)[C@@H](CC)N(Cc1ccc(Cl)c(Cl)c1)C(=O)CN(c1ccc(C)c(C)c1)S(=O)(=O)c1ccc(C)cc1.